The average molecular weight is 318 g/mol. The fourth-order valence-electron chi connectivity index (χ4n) is 2.70. The van der Waals surface area contributed by atoms with Crippen molar-refractivity contribution in [3.8, 4) is 5.75 Å². The van der Waals surface area contributed by atoms with Crippen LogP contribution in [0.4, 0.5) is 5.69 Å². The van der Waals surface area contributed by atoms with Crippen LogP contribution in [0.15, 0.2) is 36.4 Å². The van der Waals surface area contributed by atoms with Gasteiger partial charge in [-0.3, -0.25) is 4.90 Å². The molecule has 1 N–H and O–H groups in total. The van der Waals surface area contributed by atoms with Crippen molar-refractivity contribution >= 4 is 17.6 Å². The number of carbonyl (C=O) groups excluding carboxylic acids is 2. The first-order chi connectivity index (χ1) is 11.1. The van der Waals surface area contributed by atoms with Crippen molar-refractivity contribution in [1.29, 1.82) is 0 Å². The van der Waals surface area contributed by atoms with Gasteiger partial charge in [-0.05, 0) is 25.1 Å². The normalized spacial score (nSPS) is 20.5. The van der Waals surface area contributed by atoms with Gasteiger partial charge in [0.25, 0.3) is 0 Å². The molecule has 2 aliphatic rings. The van der Waals surface area contributed by atoms with E-state index in [0.717, 1.165) is 30.8 Å². The van der Waals surface area contributed by atoms with E-state index in [9.17, 15) is 9.59 Å². The van der Waals surface area contributed by atoms with Gasteiger partial charge in [0, 0.05) is 30.5 Å². The highest BCUT2D eigenvalue weighted by molar-refractivity contribution is 5.93. The Labute approximate surface area is 133 Å². The molecule has 0 atom stereocenters. The summed E-state index contributed by atoms with van der Waals surface area (Å²) in [4.78, 5) is 25.6. The fraction of sp³-hybridized carbons (Fsp3) is 0.375. The van der Waals surface area contributed by atoms with Crippen LogP contribution < -0.4 is 15.0 Å². The largest absolute Gasteiger partial charge is 0.497 e. The van der Waals surface area contributed by atoms with Crippen LogP contribution in [0.5, 0.6) is 5.75 Å². The van der Waals surface area contributed by atoms with Crippen LogP contribution >= 0.6 is 0 Å². The van der Waals surface area contributed by atoms with E-state index in [4.69, 9.17) is 14.2 Å². The quantitative estimate of drug-likeness (QED) is 0.808. The Hall–Kier alpha value is -2.54. The molecule has 23 heavy (non-hydrogen) atoms. The third kappa shape index (κ3) is 3.14. The highest BCUT2D eigenvalue weighted by Gasteiger charge is 2.46. The summed E-state index contributed by atoms with van der Waals surface area (Å²) in [5, 5.41) is 3.15. The Bertz CT molecular complexity index is 623. The van der Waals surface area contributed by atoms with E-state index in [0.29, 0.717) is 12.3 Å². The number of benzene rings is 1. The highest BCUT2D eigenvalue weighted by Crippen LogP contribution is 2.32. The lowest BCUT2D eigenvalue weighted by molar-refractivity contribution is -0.217. The van der Waals surface area contributed by atoms with Gasteiger partial charge in [-0.1, -0.05) is 6.07 Å². The topological polar surface area (TPSA) is 77.1 Å². The molecule has 1 spiro atoms. The van der Waals surface area contributed by atoms with Gasteiger partial charge in [-0.2, -0.15) is 0 Å². The van der Waals surface area contributed by atoms with Gasteiger partial charge in [0.2, 0.25) is 0 Å². The molecule has 7 nitrogen and oxygen atoms in total. The predicted molar refractivity (Wildman–Crippen MR) is 81.9 cm³/mol. The zero-order valence-electron chi connectivity index (χ0n) is 12.8. The molecule has 0 unspecified atom stereocenters. The standard InChI is InChI=1S/C16H18N2O5/c1-21-13-5-2-4-12(10-13)18-9-3-8-17-11-16(18)22-14(19)6-7-15(20)23-16/h2,4-7,10,17H,3,8-9,11H2,1H3. The number of nitrogens with one attached hydrogen (secondary N) is 1. The molecule has 122 valence electrons. The van der Waals surface area contributed by atoms with Gasteiger partial charge in [0.1, 0.15) is 5.75 Å². The second kappa shape index (κ2) is 6.29. The average Bonchev–Trinajstić information content (AvgIpc) is 2.83. The smallest absolute Gasteiger partial charge is 0.356 e. The lowest BCUT2D eigenvalue weighted by Gasteiger charge is -2.40. The van der Waals surface area contributed by atoms with Gasteiger partial charge in [-0.15, -0.1) is 0 Å². The Morgan fingerprint density at radius 1 is 1.22 bits per heavy atom. The summed E-state index contributed by atoms with van der Waals surface area (Å²) in [5.74, 6) is -2.08. The maximum absolute atomic E-state index is 11.9. The molecule has 0 aliphatic carbocycles. The number of esters is 2. The van der Waals surface area contributed by atoms with E-state index >= 15 is 0 Å². The molecule has 0 saturated carbocycles. The van der Waals surface area contributed by atoms with Crippen LogP contribution in [-0.2, 0) is 19.1 Å². The monoisotopic (exact) mass is 318 g/mol. The third-order valence-electron chi connectivity index (χ3n) is 3.74. The summed E-state index contributed by atoms with van der Waals surface area (Å²) >= 11 is 0. The summed E-state index contributed by atoms with van der Waals surface area (Å²) in [6.07, 6.45) is 2.96. The van der Waals surface area contributed by atoms with Crippen LogP contribution in [0, 0.1) is 0 Å². The molecule has 2 aliphatic heterocycles. The maximum Gasteiger partial charge on any atom is 0.356 e. The van der Waals surface area contributed by atoms with Crippen molar-refractivity contribution in [2.45, 2.75) is 12.3 Å². The molecule has 1 fully saturated rings. The number of carbonyl (C=O) groups is 2. The van der Waals surface area contributed by atoms with Crippen LogP contribution in [0.1, 0.15) is 6.42 Å². The Morgan fingerprint density at radius 2 is 1.96 bits per heavy atom. The van der Waals surface area contributed by atoms with Crippen LogP contribution in [-0.4, -0.2) is 44.6 Å². The number of rotatable bonds is 2. The minimum absolute atomic E-state index is 0.184. The van der Waals surface area contributed by atoms with Crippen LogP contribution in [0.25, 0.3) is 0 Å². The highest BCUT2D eigenvalue weighted by atomic mass is 16.8. The van der Waals surface area contributed by atoms with Crippen molar-refractivity contribution in [1.82, 2.24) is 5.32 Å². The lowest BCUT2D eigenvalue weighted by atomic mass is 10.2. The number of hydrogen-bond donors (Lipinski definition) is 1. The first-order valence-electron chi connectivity index (χ1n) is 7.39. The number of nitrogens with zero attached hydrogens (tertiary/aromatic N) is 1. The predicted octanol–water partition coefficient (Wildman–Crippen LogP) is 0.805. The molecule has 0 aromatic heterocycles. The van der Waals surface area contributed by atoms with E-state index in [1.54, 1.807) is 12.0 Å². The summed E-state index contributed by atoms with van der Waals surface area (Å²) in [7, 11) is 1.58. The van der Waals surface area contributed by atoms with Gasteiger partial charge >= 0.3 is 17.8 Å². The molecule has 0 amide bonds. The molecule has 7 heteroatoms. The number of methoxy groups -OCH3 is 1. The van der Waals surface area contributed by atoms with Crippen molar-refractivity contribution < 1.29 is 23.8 Å². The summed E-state index contributed by atoms with van der Waals surface area (Å²) in [5.41, 5.74) is 0.746. The van der Waals surface area contributed by atoms with E-state index in [1.807, 2.05) is 24.3 Å². The minimum atomic E-state index is -1.51. The molecule has 1 aromatic carbocycles. The minimum Gasteiger partial charge on any atom is -0.497 e. The Morgan fingerprint density at radius 3 is 2.65 bits per heavy atom. The third-order valence-corrected chi connectivity index (χ3v) is 3.74. The zero-order valence-corrected chi connectivity index (χ0v) is 12.8. The molecule has 3 rings (SSSR count). The van der Waals surface area contributed by atoms with E-state index in [2.05, 4.69) is 5.32 Å². The summed E-state index contributed by atoms with van der Waals surface area (Å²) in [6, 6.07) is 7.32. The molecule has 1 aromatic rings. The van der Waals surface area contributed by atoms with Crippen molar-refractivity contribution in [3.63, 3.8) is 0 Å². The van der Waals surface area contributed by atoms with E-state index in [1.165, 1.54) is 0 Å². The molecule has 0 bridgehead atoms. The van der Waals surface area contributed by atoms with Crippen LogP contribution in [0.2, 0.25) is 0 Å². The number of anilines is 1. The second-order valence-electron chi connectivity index (χ2n) is 5.27. The first-order valence-corrected chi connectivity index (χ1v) is 7.39. The fourth-order valence-corrected chi connectivity index (χ4v) is 2.70. The maximum atomic E-state index is 11.9. The van der Waals surface area contributed by atoms with Gasteiger partial charge < -0.3 is 19.5 Å². The second-order valence-corrected chi connectivity index (χ2v) is 5.27. The van der Waals surface area contributed by atoms with E-state index in [-0.39, 0.29) is 6.54 Å². The molecule has 1 saturated heterocycles. The van der Waals surface area contributed by atoms with Gasteiger partial charge in [0.05, 0.1) is 13.7 Å². The lowest BCUT2D eigenvalue weighted by Crippen LogP contribution is -2.58. The van der Waals surface area contributed by atoms with Crippen LogP contribution in [0.3, 0.4) is 0 Å². The van der Waals surface area contributed by atoms with Gasteiger partial charge in [-0.25, -0.2) is 9.59 Å². The molecule has 2 heterocycles. The van der Waals surface area contributed by atoms with Crippen molar-refractivity contribution in [3.05, 3.63) is 36.4 Å². The molecular formula is C16H18N2O5. The Balaban J connectivity index is 2.03. The molecular weight excluding hydrogens is 300 g/mol. The van der Waals surface area contributed by atoms with Gasteiger partial charge in [0.15, 0.2) is 0 Å². The number of hydrogen-bond acceptors (Lipinski definition) is 7. The van der Waals surface area contributed by atoms with Crippen molar-refractivity contribution in [2.75, 3.05) is 31.6 Å². The van der Waals surface area contributed by atoms with E-state index < -0.39 is 17.8 Å². The Kier molecular flexibility index (Phi) is 4.20. The summed E-state index contributed by atoms with van der Waals surface area (Å²) < 4.78 is 16.2. The molecule has 0 radical (unpaired) electrons. The number of ether oxygens (including phenoxy) is 3. The SMILES string of the molecule is COc1cccc(N2CCCNCC23OC(=O)C=CC(=O)O3)c1. The summed E-state index contributed by atoms with van der Waals surface area (Å²) in [6.45, 7) is 1.47. The van der Waals surface area contributed by atoms with Crippen molar-refractivity contribution in [2.24, 2.45) is 0 Å². The zero-order chi connectivity index (χ0) is 16.3. The first kappa shape index (κ1) is 15.4.